The van der Waals surface area contributed by atoms with E-state index in [2.05, 4.69) is 15.6 Å². The lowest BCUT2D eigenvalue weighted by Crippen LogP contribution is -2.21. The van der Waals surface area contributed by atoms with Crippen LogP contribution in [0.3, 0.4) is 0 Å². The molecule has 0 aliphatic heterocycles. The molecule has 5 heteroatoms. The molecule has 0 fully saturated rings. The minimum atomic E-state index is -0.134. The second kappa shape index (κ2) is 5.48. The van der Waals surface area contributed by atoms with Crippen molar-refractivity contribution in [2.45, 2.75) is 31.8 Å². The zero-order valence-electron chi connectivity index (χ0n) is 10.7. The topological polar surface area (TPSA) is 42.7 Å². The van der Waals surface area contributed by atoms with E-state index < -0.39 is 0 Å². The highest BCUT2D eigenvalue weighted by molar-refractivity contribution is 5.34. The fourth-order valence-corrected chi connectivity index (χ4v) is 2.67. The highest BCUT2D eigenvalue weighted by Crippen LogP contribution is 2.31. The van der Waals surface area contributed by atoms with Crippen molar-refractivity contribution in [3.63, 3.8) is 0 Å². The van der Waals surface area contributed by atoms with Crippen molar-refractivity contribution < 1.29 is 4.39 Å². The summed E-state index contributed by atoms with van der Waals surface area (Å²) in [6.07, 6.45) is 6.59. The van der Waals surface area contributed by atoms with Crippen LogP contribution in [-0.2, 0) is 13.0 Å². The molecule has 4 nitrogen and oxygen atoms in total. The van der Waals surface area contributed by atoms with Crippen molar-refractivity contribution in [1.29, 1.82) is 0 Å². The van der Waals surface area contributed by atoms with Gasteiger partial charge in [0.05, 0.1) is 6.20 Å². The molecule has 100 valence electrons. The van der Waals surface area contributed by atoms with Crippen molar-refractivity contribution in [1.82, 2.24) is 20.3 Å². The van der Waals surface area contributed by atoms with Crippen molar-refractivity contribution in [3.05, 3.63) is 47.5 Å². The summed E-state index contributed by atoms with van der Waals surface area (Å²) >= 11 is 0. The maximum atomic E-state index is 13.1. The van der Waals surface area contributed by atoms with Crippen molar-refractivity contribution >= 4 is 0 Å². The molecule has 1 N–H and O–H groups in total. The number of rotatable bonds is 5. The lowest BCUT2D eigenvalue weighted by Gasteiger charge is -2.13. The van der Waals surface area contributed by atoms with Gasteiger partial charge in [0.25, 0.3) is 0 Å². The third kappa shape index (κ3) is 2.81. The summed E-state index contributed by atoms with van der Waals surface area (Å²) in [6.45, 7) is 1.80. The minimum absolute atomic E-state index is 0.134. The van der Waals surface area contributed by atoms with E-state index in [1.807, 2.05) is 16.9 Å². The molecule has 1 atom stereocenters. The number of benzene rings is 1. The van der Waals surface area contributed by atoms with Crippen LogP contribution in [0.5, 0.6) is 0 Å². The molecule has 0 amide bonds. The van der Waals surface area contributed by atoms with Crippen LogP contribution in [0.1, 0.15) is 30.0 Å². The van der Waals surface area contributed by atoms with E-state index in [1.54, 1.807) is 18.3 Å². The van der Waals surface area contributed by atoms with E-state index in [9.17, 15) is 4.39 Å². The number of nitrogens with zero attached hydrogens (tertiary/aromatic N) is 3. The van der Waals surface area contributed by atoms with Gasteiger partial charge >= 0.3 is 0 Å². The molecule has 1 aromatic heterocycles. The smallest absolute Gasteiger partial charge is 0.123 e. The molecular formula is C14H17FN4. The van der Waals surface area contributed by atoms with Gasteiger partial charge in [0.15, 0.2) is 0 Å². The van der Waals surface area contributed by atoms with Crippen molar-refractivity contribution in [3.8, 4) is 0 Å². The second-order valence-corrected chi connectivity index (χ2v) is 4.91. The van der Waals surface area contributed by atoms with Gasteiger partial charge in [0.2, 0.25) is 0 Å². The van der Waals surface area contributed by atoms with Gasteiger partial charge in [0.1, 0.15) is 5.82 Å². The molecule has 0 saturated heterocycles. The van der Waals surface area contributed by atoms with E-state index in [0.717, 1.165) is 37.9 Å². The fourth-order valence-electron chi connectivity index (χ4n) is 2.67. The van der Waals surface area contributed by atoms with Crippen LogP contribution in [0.2, 0.25) is 0 Å². The van der Waals surface area contributed by atoms with Gasteiger partial charge in [-0.05, 0) is 49.1 Å². The van der Waals surface area contributed by atoms with E-state index in [4.69, 9.17) is 0 Å². The first-order chi connectivity index (χ1) is 9.33. The van der Waals surface area contributed by atoms with E-state index in [0.29, 0.717) is 6.04 Å². The molecule has 0 spiro atoms. The van der Waals surface area contributed by atoms with Gasteiger partial charge in [-0.25, -0.2) is 4.39 Å². The predicted molar refractivity (Wildman–Crippen MR) is 70.1 cm³/mol. The normalized spacial score (nSPS) is 17.6. The molecular weight excluding hydrogens is 243 g/mol. The zero-order chi connectivity index (χ0) is 13.1. The van der Waals surface area contributed by atoms with Crippen molar-refractivity contribution in [2.75, 3.05) is 6.54 Å². The molecule has 1 heterocycles. The third-order valence-electron chi connectivity index (χ3n) is 3.61. The monoisotopic (exact) mass is 260 g/mol. The van der Waals surface area contributed by atoms with Gasteiger partial charge in [-0.3, -0.25) is 4.68 Å². The Kier molecular flexibility index (Phi) is 3.55. The fraction of sp³-hybridized carbons (Fsp3) is 0.429. The maximum absolute atomic E-state index is 13.1. The molecule has 1 aromatic carbocycles. The quantitative estimate of drug-likeness (QED) is 0.837. The van der Waals surface area contributed by atoms with E-state index in [-0.39, 0.29) is 5.82 Å². The maximum Gasteiger partial charge on any atom is 0.123 e. The standard InChI is InChI=1S/C14H17FN4/c15-12-3-4-13-11(10-12)2-5-14(13)16-6-1-8-19-9-7-17-18-19/h3-4,7,9-10,14,16H,1-2,5-6,8H2. The Labute approximate surface area is 111 Å². The number of aryl methyl sites for hydroxylation is 2. The first kappa shape index (κ1) is 12.3. The van der Waals surface area contributed by atoms with Crippen molar-refractivity contribution in [2.24, 2.45) is 0 Å². The summed E-state index contributed by atoms with van der Waals surface area (Å²) in [7, 11) is 0. The highest BCUT2D eigenvalue weighted by Gasteiger charge is 2.21. The summed E-state index contributed by atoms with van der Waals surface area (Å²) in [5, 5.41) is 11.2. The highest BCUT2D eigenvalue weighted by atomic mass is 19.1. The summed E-state index contributed by atoms with van der Waals surface area (Å²) < 4.78 is 14.9. The summed E-state index contributed by atoms with van der Waals surface area (Å²) in [5.41, 5.74) is 2.40. The van der Waals surface area contributed by atoms with Crippen LogP contribution >= 0.6 is 0 Å². The Morgan fingerprint density at radius 1 is 1.42 bits per heavy atom. The molecule has 3 rings (SSSR count). The molecule has 2 aromatic rings. The average Bonchev–Trinajstić information content (AvgIpc) is 3.03. The van der Waals surface area contributed by atoms with Gasteiger partial charge in [0, 0.05) is 18.8 Å². The second-order valence-electron chi connectivity index (χ2n) is 4.91. The lowest BCUT2D eigenvalue weighted by molar-refractivity contribution is 0.481. The van der Waals surface area contributed by atoms with Gasteiger partial charge in [-0.1, -0.05) is 11.3 Å². The van der Waals surface area contributed by atoms with Crippen LogP contribution in [0.15, 0.2) is 30.6 Å². The van der Waals surface area contributed by atoms with Gasteiger partial charge in [-0.15, -0.1) is 5.10 Å². The number of hydrogen-bond donors (Lipinski definition) is 1. The summed E-state index contributed by atoms with van der Waals surface area (Å²) in [5.74, 6) is -0.134. The lowest BCUT2D eigenvalue weighted by atomic mass is 10.1. The predicted octanol–water partition coefficient (Wildman–Crippen LogP) is 2.08. The Bertz CT molecular complexity index is 538. The number of hydrogen-bond acceptors (Lipinski definition) is 3. The Morgan fingerprint density at radius 3 is 3.21 bits per heavy atom. The number of aromatic nitrogens is 3. The van der Waals surface area contributed by atoms with Gasteiger partial charge < -0.3 is 5.32 Å². The summed E-state index contributed by atoms with van der Waals surface area (Å²) in [4.78, 5) is 0. The molecule has 19 heavy (non-hydrogen) atoms. The average molecular weight is 260 g/mol. The SMILES string of the molecule is Fc1ccc2c(c1)CCC2NCCCn1ccnn1. The molecule has 1 unspecified atom stereocenters. The number of nitrogens with one attached hydrogen (secondary N) is 1. The first-order valence-electron chi connectivity index (χ1n) is 6.69. The molecule has 0 bridgehead atoms. The van der Waals surface area contributed by atoms with Crippen LogP contribution < -0.4 is 5.32 Å². The largest absolute Gasteiger partial charge is 0.310 e. The van der Waals surface area contributed by atoms with Crippen LogP contribution in [-0.4, -0.2) is 21.5 Å². The Hall–Kier alpha value is -1.75. The van der Waals surface area contributed by atoms with Gasteiger partial charge in [-0.2, -0.15) is 0 Å². The Balaban J connectivity index is 1.50. The molecule has 1 aliphatic carbocycles. The molecule has 1 aliphatic rings. The van der Waals surface area contributed by atoms with Crippen LogP contribution in [0.25, 0.3) is 0 Å². The van der Waals surface area contributed by atoms with Crippen LogP contribution in [0, 0.1) is 5.82 Å². The number of fused-ring (bicyclic) bond motifs is 1. The minimum Gasteiger partial charge on any atom is -0.310 e. The van der Waals surface area contributed by atoms with Crippen LogP contribution in [0.4, 0.5) is 4.39 Å². The first-order valence-corrected chi connectivity index (χ1v) is 6.69. The van der Waals surface area contributed by atoms with E-state index in [1.165, 1.54) is 5.56 Å². The number of halogens is 1. The summed E-state index contributed by atoms with van der Waals surface area (Å²) in [6, 6.07) is 5.49. The molecule has 0 saturated carbocycles. The zero-order valence-corrected chi connectivity index (χ0v) is 10.7. The van der Waals surface area contributed by atoms with E-state index >= 15 is 0 Å². The molecule has 0 radical (unpaired) electrons. The third-order valence-corrected chi connectivity index (χ3v) is 3.61. The Morgan fingerprint density at radius 2 is 2.37 bits per heavy atom.